The normalized spacial score (nSPS) is 12.0. The third-order valence-electron chi connectivity index (χ3n) is 3.36. The molecule has 0 spiro atoms. The monoisotopic (exact) mass is 304 g/mol. The van der Waals surface area contributed by atoms with Crippen LogP contribution >= 0.6 is 11.3 Å². The van der Waals surface area contributed by atoms with Gasteiger partial charge in [0, 0.05) is 4.88 Å². The molecular weight excluding hydrogens is 284 g/mol. The van der Waals surface area contributed by atoms with Gasteiger partial charge in [0.2, 0.25) is 0 Å². The van der Waals surface area contributed by atoms with Gasteiger partial charge in [-0.2, -0.15) is 0 Å². The highest BCUT2D eigenvalue weighted by atomic mass is 32.1. The molecule has 1 unspecified atom stereocenters. The number of carbonyl (C=O) groups is 1. The molecule has 0 radical (unpaired) electrons. The lowest BCUT2D eigenvalue weighted by atomic mass is 10.0. The van der Waals surface area contributed by atoms with Crippen molar-refractivity contribution in [1.82, 2.24) is 0 Å². The van der Waals surface area contributed by atoms with Crippen molar-refractivity contribution in [2.24, 2.45) is 0 Å². The van der Waals surface area contributed by atoms with E-state index in [0.717, 1.165) is 11.3 Å². The summed E-state index contributed by atoms with van der Waals surface area (Å²) in [5.41, 5.74) is 2.20. The van der Waals surface area contributed by atoms with Crippen LogP contribution in [0.15, 0.2) is 35.7 Å². The third-order valence-corrected chi connectivity index (χ3v) is 4.35. The van der Waals surface area contributed by atoms with E-state index in [1.807, 2.05) is 38.1 Å². The lowest BCUT2D eigenvalue weighted by Crippen LogP contribution is -2.12. The van der Waals surface area contributed by atoms with Crippen molar-refractivity contribution in [3.8, 4) is 5.75 Å². The van der Waals surface area contributed by atoms with Crippen LogP contribution in [0.2, 0.25) is 0 Å². The number of ether oxygens (including phenoxy) is 2. The number of aryl methyl sites for hydroxylation is 1. The van der Waals surface area contributed by atoms with Gasteiger partial charge in [-0.05, 0) is 55.5 Å². The second-order valence-electron chi connectivity index (χ2n) is 4.86. The number of carbonyl (C=O) groups excluding carboxylic acids is 1. The molecule has 0 bridgehead atoms. The smallest absolute Gasteiger partial charge is 0.313 e. The molecule has 0 saturated carbocycles. The zero-order valence-corrected chi connectivity index (χ0v) is 13.4. The van der Waals surface area contributed by atoms with Crippen molar-refractivity contribution in [3.63, 3.8) is 0 Å². The molecule has 0 aliphatic heterocycles. The molecule has 112 valence electrons. The molecule has 1 atom stereocenters. The Morgan fingerprint density at radius 2 is 1.95 bits per heavy atom. The van der Waals surface area contributed by atoms with Crippen LogP contribution < -0.4 is 4.74 Å². The largest absolute Gasteiger partial charge is 0.488 e. The van der Waals surface area contributed by atoms with E-state index in [9.17, 15) is 4.79 Å². The molecule has 0 aliphatic carbocycles. The fraction of sp³-hybridized carbons (Fsp3) is 0.353. The first-order valence-corrected chi connectivity index (χ1v) is 7.92. The van der Waals surface area contributed by atoms with Gasteiger partial charge >= 0.3 is 5.97 Å². The minimum Gasteiger partial charge on any atom is -0.488 e. The summed E-state index contributed by atoms with van der Waals surface area (Å²) in [6, 6.07) is 9.71. The first-order chi connectivity index (χ1) is 10.1. The maximum atomic E-state index is 11.7. The van der Waals surface area contributed by atoms with Crippen molar-refractivity contribution in [3.05, 3.63) is 51.7 Å². The van der Waals surface area contributed by atoms with Crippen molar-refractivity contribution < 1.29 is 14.3 Å². The van der Waals surface area contributed by atoms with Crippen LogP contribution in [0.4, 0.5) is 0 Å². The van der Waals surface area contributed by atoms with Crippen LogP contribution in [0.5, 0.6) is 5.75 Å². The molecule has 0 fully saturated rings. The molecule has 2 aromatic rings. The molecule has 1 aromatic carbocycles. The van der Waals surface area contributed by atoms with Gasteiger partial charge in [0.25, 0.3) is 0 Å². The van der Waals surface area contributed by atoms with E-state index >= 15 is 0 Å². The zero-order valence-electron chi connectivity index (χ0n) is 12.6. The predicted molar refractivity (Wildman–Crippen MR) is 84.9 cm³/mol. The summed E-state index contributed by atoms with van der Waals surface area (Å²) in [4.78, 5) is 12.9. The molecule has 2 rings (SSSR count). The number of hydrogen-bond donors (Lipinski definition) is 0. The van der Waals surface area contributed by atoms with Gasteiger partial charge < -0.3 is 9.47 Å². The SMILES string of the molecule is CCOC(=O)C(C)c1ccc(OCc2sccc2C)cc1. The predicted octanol–water partition coefficient (Wildman–Crippen LogP) is 4.30. The van der Waals surface area contributed by atoms with E-state index in [1.165, 1.54) is 10.4 Å². The van der Waals surface area contributed by atoms with E-state index in [4.69, 9.17) is 9.47 Å². The second-order valence-corrected chi connectivity index (χ2v) is 5.86. The minimum absolute atomic E-state index is 0.194. The lowest BCUT2D eigenvalue weighted by molar-refractivity contribution is -0.144. The summed E-state index contributed by atoms with van der Waals surface area (Å²) in [5, 5.41) is 2.07. The van der Waals surface area contributed by atoms with Gasteiger partial charge in [-0.3, -0.25) is 4.79 Å². The number of benzene rings is 1. The van der Waals surface area contributed by atoms with E-state index in [2.05, 4.69) is 18.4 Å². The fourth-order valence-corrected chi connectivity index (χ4v) is 2.77. The first kappa shape index (κ1) is 15.6. The van der Waals surface area contributed by atoms with Gasteiger partial charge in [-0.25, -0.2) is 0 Å². The first-order valence-electron chi connectivity index (χ1n) is 7.04. The van der Waals surface area contributed by atoms with Crippen LogP contribution in [-0.4, -0.2) is 12.6 Å². The van der Waals surface area contributed by atoms with Gasteiger partial charge in [0.15, 0.2) is 0 Å². The molecule has 21 heavy (non-hydrogen) atoms. The van der Waals surface area contributed by atoms with Gasteiger partial charge in [0.1, 0.15) is 12.4 Å². The van der Waals surface area contributed by atoms with Crippen LogP contribution in [0, 0.1) is 6.92 Å². The topological polar surface area (TPSA) is 35.5 Å². The summed E-state index contributed by atoms with van der Waals surface area (Å²) >= 11 is 1.70. The second kappa shape index (κ2) is 7.27. The minimum atomic E-state index is -0.251. The summed E-state index contributed by atoms with van der Waals surface area (Å²) in [7, 11) is 0. The van der Waals surface area contributed by atoms with Crippen LogP contribution in [0.3, 0.4) is 0 Å². The quantitative estimate of drug-likeness (QED) is 0.746. The molecule has 4 heteroatoms. The summed E-state index contributed by atoms with van der Waals surface area (Å²) in [5.74, 6) is 0.363. The molecule has 0 amide bonds. The van der Waals surface area contributed by atoms with E-state index in [1.54, 1.807) is 11.3 Å². The van der Waals surface area contributed by atoms with Crippen molar-refractivity contribution in [2.45, 2.75) is 33.3 Å². The lowest BCUT2D eigenvalue weighted by Gasteiger charge is -2.12. The van der Waals surface area contributed by atoms with Crippen molar-refractivity contribution >= 4 is 17.3 Å². The van der Waals surface area contributed by atoms with Crippen LogP contribution in [-0.2, 0) is 16.1 Å². The fourth-order valence-electron chi connectivity index (χ4n) is 1.96. The Morgan fingerprint density at radius 3 is 2.52 bits per heavy atom. The Bertz CT molecular complexity index is 586. The van der Waals surface area contributed by atoms with Crippen LogP contribution in [0.25, 0.3) is 0 Å². The highest BCUT2D eigenvalue weighted by Gasteiger charge is 2.16. The highest BCUT2D eigenvalue weighted by Crippen LogP contribution is 2.22. The number of esters is 1. The maximum Gasteiger partial charge on any atom is 0.313 e. The summed E-state index contributed by atoms with van der Waals surface area (Å²) in [6.45, 7) is 6.73. The van der Waals surface area contributed by atoms with Crippen molar-refractivity contribution in [2.75, 3.05) is 6.61 Å². The van der Waals surface area contributed by atoms with Gasteiger partial charge in [0.05, 0.1) is 12.5 Å². The van der Waals surface area contributed by atoms with Gasteiger partial charge in [-0.15, -0.1) is 11.3 Å². The van der Waals surface area contributed by atoms with Gasteiger partial charge in [-0.1, -0.05) is 12.1 Å². The van der Waals surface area contributed by atoms with E-state index in [0.29, 0.717) is 13.2 Å². The Hall–Kier alpha value is -1.81. The third kappa shape index (κ3) is 4.08. The standard InChI is InChI=1S/C17H20O3S/c1-4-19-17(18)13(3)14-5-7-15(8-6-14)20-11-16-12(2)9-10-21-16/h5-10,13H,4,11H2,1-3H3. The van der Waals surface area contributed by atoms with E-state index < -0.39 is 0 Å². The Labute approximate surface area is 129 Å². The van der Waals surface area contributed by atoms with Crippen molar-refractivity contribution in [1.29, 1.82) is 0 Å². The molecule has 0 saturated heterocycles. The molecular formula is C17H20O3S. The number of rotatable bonds is 6. The highest BCUT2D eigenvalue weighted by molar-refractivity contribution is 7.10. The average molecular weight is 304 g/mol. The zero-order chi connectivity index (χ0) is 15.2. The molecule has 0 N–H and O–H groups in total. The molecule has 1 aromatic heterocycles. The van der Waals surface area contributed by atoms with Crippen LogP contribution in [0.1, 0.15) is 35.8 Å². The molecule has 3 nitrogen and oxygen atoms in total. The summed E-state index contributed by atoms with van der Waals surface area (Å²) < 4.78 is 10.8. The Kier molecular flexibility index (Phi) is 5.39. The summed E-state index contributed by atoms with van der Waals surface area (Å²) in [6.07, 6.45) is 0. The maximum absolute atomic E-state index is 11.7. The molecule has 1 heterocycles. The number of thiophene rings is 1. The van der Waals surface area contributed by atoms with E-state index in [-0.39, 0.29) is 11.9 Å². The number of hydrogen-bond acceptors (Lipinski definition) is 4. The molecule has 0 aliphatic rings. The Balaban J connectivity index is 1.95. The average Bonchev–Trinajstić information content (AvgIpc) is 2.90. The Morgan fingerprint density at radius 1 is 1.24 bits per heavy atom.